The molecule has 0 saturated heterocycles. The van der Waals surface area contributed by atoms with Gasteiger partial charge in [0, 0.05) is 29.1 Å². The van der Waals surface area contributed by atoms with Crippen molar-refractivity contribution >= 4 is 28.5 Å². The van der Waals surface area contributed by atoms with Crippen molar-refractivity contribution in [3.8, 4) is 6.07 Å². The van der Waals surface area contributed by atoms with E-state index in [0.29, 0.717) is 17.9 Å². The van der Waals surface area contributed by atoms with Crippen LogP contribution < -0.4 is 16.0 Å². The minimum absolute atomic E-state index is 0.0950. The highest BCUT2D eigenvalue weighted by Crippen LogP contribution is 2.42. The third-order valence-electron chi connectivity index (χ3n) is 6.14. The van der Waals surface area contributed by atoms with Gasteiger partial charge < -0.3 is 21.1 Å². The molecule has 0 unspecified atom stereocenters. The first-order valence-electron chi connectivity index (χ1n) is 10.8. The number of amides is 1. The Morgan fingerprint density at radius 3 is 2.71 bits per heavy atom. The van der Waals surface area contributed by atoms with Gasteiger partial charge in [-0.3, -0.25) is 0 Å². The van der Waals surface area contributed by atoms with Gasteiger partial charge in [-0.15, -0.1) is 0 Å². The maximum absolute atomic E-state index is 11.5. The van der Waals surface area contributed by atoms with Crippen LogP contribution in [0.1, 0.15) is 66.0 Å². The van der Waals surface area contributed by atoms with Gasteiger partial charge in [0.05, 0.1) is 5.54 Å². The van der Waals surface area contributed by atoms with Crippen molar-refractivity contribution in [2.45, 2.75) is 77.9 Å². The average Bonchev–Trinajstić information content (AvgIpc) is 2.66. The molecule has 1 fully saturated rings. The van der Waals surface area contributed by atoms with Crippen LogP contribution in [0.5, 0.6) is 0 Å². The monoisotopic (exact) mass is 424 g/mol. The number of nitriles is 1. The van der Waals surface area contributed by atoms with Gasteiger partial charge in [-0.1, -0.05) is 20.8 Å². The minimum atomic E-state index is -0.983. The molecule has 0 aromatic carbocycles. The molecule has 4 N–H and O–H groups in total. The van der Waals surface area contributed by atoms with Crippen molar-refractivity contribution < 1.29 is 9.90 Å². The van der Waals surface area contributed by atoms with Gasteiger partial charge in [0.15, 0.2) is 0 Å². The fourth-order valence-corrected chi connectivity index (χ4v) is 4.46. The molecule has 2 aromatic heterocycles. The molecule has 2 aromatic rings. The number of carbonyl (C=O) groups is 1. The Morgan fingerprint density at radius 1 is 1.35 bits per heavy atom. The summed E-state index contributed by atoms with van der Waals surface area (Å²) in [6.45, 7) is 10.3. The Balaban J connectivity index is 1.90. The predicted molar refractivity (Wildman–Crippen MR) is 122 cm³/mol. The Labute approximate surface area is 183 Å². The fourth-order valence-electron chi connectivity index (χ4n) is 4.46. The number of carboxylic acid groups (broad SMARTS) is 1. The fraction of sp³-hybridized carbons (Fsp3) is 0.565. The average molecular weight is 425 g/mol. The maximum atomic E-state index is 11.5. The third-order valence-corrected chi connectivity index (χ3v) is 6.14. The molecule has 1 aliphatic rings. The number of nitrogens with one attached hydrogen (secondary N) is 3. The minimum Gasteiger partial charge on any atom is -0.465 e. The van der Waals surface area contributed by atoms with Gasteiger partial charge in [0.25, 0.3) is 0 Å². The molecule has 3 rings (SSSR count). The lowest BCUT2D eigenvalue weighted by atomic mass is 9.64. The largest absolute Gasteiger partial charge is 0.465 e. The van der Waals surface area contributed by atoms with Gasteiger partial charge in [-0.05, 0) is 57.1 Å². The number of fused-ring (bicyclic) bond motifs is 1. The molecule has 0 spiro atoms. The van der Waals surface area contributed by atoms with Crippen LogP contribution in [0.4, 0.5) is 16.4 Å². The Bertz CT molecular complexity index is 1010. The quantitative estimate of drug-likeness (QED) is 0.547. The van der Waals surface area contributed by atoms with Crippen LogP contribution in [-0.4, -0.2) is 38.8 Å². The Hall–Kier alpha value is -3.08. The van der Waals surface area contributed by atoms with E-state index >= 15 is 0 Å². The van der Waals surface area contributed by atoms with Crippen LogP contribution in [0.3, 0.4) is 0 Å². The summed E-state index contributed by atoms with van der Waals surface area (Å²) >= 11 is 0. The molecular weight excluding hydrogens is 392 g/mol. The van der Waals surface area contributed by atoms with Crippen LogP contribution in [0.25, 0.3) is 10.8 Å². The highest BCUT2D eigenvalue weighted by molar-refractivity contribution is 5.93. The van der Waals surface area contributed by atoms with Crippen LogP contribution in [-0.2, 0) is 0 Å². The zero-order chi connectivity index (χ0) is 22.8. The summed E-state index contributed by atoms with van der Waals surface area (Å²) in [5, 5.41) is 30.1. The highest BCUT2D eigenvalue weighted by atomic mass is 16.4. The molecule has 2 heterocycles. The number of pyridine rings is 2. The molecule has 2 atom stereocenters. The summed E-state index contributed by atoms with van der Waals surface area (Å²) in [6.07, 6.45) is 4.14. The summed E-state index contributed by atoms with van der Waals surface area (Å²) in [5.41, 5.74) is -0.367. The van der Waals surface area contributed by atoms with E-state index in [4.69, 9.17) is 0 Å². The van der Waals surface area contributed by atoms with Crippen LogP contribution >= 0.6 is 0 Å². The molecular formula is C23H32N6O2. The third kappa shape index (κ3) is 4.98. The normalized spacial score (nSPS) is 21.5. The zero-order valence-electron chi connectivity index (χ0n) is 18.9. The molecule has 31 heavy (non-hydrogen) atoms. The van der Waals surface area contributed by atoms with Crippen molar-refractivity contribution in [1.29, 1.82) is 5.26 Å². The number of aromatic nitrogens is 2. The molecule has 0 aliphatic heterocycles. The SMILES string of the molecule is CC(C)Nc1nc(C#N)cc2cnc(N[C@H]3CCC[C@@](NC(=O)O)(C(C)(C)C)C3)cc12. The highest BCUT2D eigenvalue weighted by Gasteiger charge is 2.46. The Kier molecular flexibility index (Phi) is 6.25. The molecule has 0 radical (unpaired) electrons. The van der Waals surface area contributed by atoms with Crippen molar-refractivity contribution in [3.63, 3.8) is 0 Å². The molecule has 1 saturated carbocycles. The van der Waals surface area contributed by atoms with E-state index < -0.39 is 11.6 Å². The van der Waals surface area contributed by atoms with E-state index in [-0.39, 0.29) is 17.5 Å². The summed E-state index contributed by atoms with van der Waals surface area (Å²) < 4.78 is 0. The first-order valence-corrected chi connectivity index (χ1v) is 10.8. The topological polar surface area (TPSA) is 123 Å². The molecule has 1 aliphatic carbocycles. The summed E-state index contributed by atoms with van der Waals surface area (Å²) in [6, 6.07) is 6.05. The van der Waals surface area contributed by atoms with Crippen LogP contribution in [0.15, 0.2) is 18.3 Å². The second-order valence-corrected chi connectivity index (χ2v) is 9.76. The van der Waals surface area contributed by atoms with Crippen molar-refractivity contribution in [1.82, 2.24) is 15.3 Å². The summed E-state index contributed by atoms with van der Waals surface area (Å²) in [7, 11) is 0. The zero-order valence-corrected chi connectivity index (χ0v) is 18.9. The number of rotatable bonds is 5. The number of anilines is 2. The first-order chi connectivity index (χ1) is 14.5. The molecule has 166 valence electrons. The second-order valence-electron chi connectivity index (χ2n) is 9.76. The lowest BCUT2D eigenvalue weighted by molar-refractivity contribution is 0.0790. The lowest BCUT2D eigenvalue weighted by Crippen LogP contribution is -2.60. The van der Waals surface area contributed by atoms with E-state index in [1.54, 1.807) is 12.3 Å². The number of nitrogens with zero attached hydrogens (tertiary/aromatic N) is 3. The van der Waals surface area contributed by atoms with Crippen LogP contribution in [0, 0.1) is 16.7 Å². The number of hydrogen-bond acceptors (Lipinski definition) is 6. The van der Waals surface area contributed by atoms with E-state index in [1.807, 2.05) is 19.9 Å². The first kappa shape index (κ1) is 22.6. The van der Waals surface area contributed by atoms with Gasteiger partial charge in [-0.25, -0.2) is 14.8 Å². The molecule has 0 bridgehead atoms. The van der Waals surface area contributed by atoms with Gasteiger partial charge in [0.1, 0.15) is 23.4 Å². The standard InChI is InChI=1S/C23H32N6O2/c1-14(2)26-20-18-10-19(25-13-15(18)9-17(12-24)28-20)27-16-7-6-8-23(11-16,22(3,4)5)29-21(30)31/h9-10,13-14,16,29H,6-8,11H2,1-5H3,(H,25,27)(H,26,28)(H,30,31)/t16-,23-/m0/s1. The summed E-state index contributed by atoms with van der Waals surface area (Å²) in [4.78, 5) is 20.5. The van der Waals surface area contributed by atoms with Crippen LogP contribution in [0.2, 0.25) is 0 Å². The van der Waals surface area contributed by atoms with Gasteiger partial charge in [-0.2, -0.15) is 5.26 Å². The van der Waals surface area contributed by atoms with Gasteiger partial charge in [0.2, 0.25) is 0 Å². The van der Waals surface area contributed by atoms with E-state index in [2.05, 4.69) is 52.8 Å². The Morgan fingerprint density at radius 2 is 2.10 bits per heavy atom. The predicted octanol–water partition coefficient (Wildman–Crippen LogP) is 4.73. The van der Waals surface area contributed by atoms with Crippen molar-refractivity contribution in [3.05, 3.63) is 24.0 Å². The van der Waals surface area contributed by atoms with Crippen molar-refractivity contribution in [2.24, 2.45) is 5.41 Å². The van der Waals surface area contributed by atoms with E-state index in [0.717, 1.165) is 35.9 Å². The smallest absolute Gasteiger partial charge is 0.405 e. The number of hydrogen-bond donors (Lipinski definition) is 4. The molecule has 8 heteroatoms. The van der Waals surface area contributed by atoms with Gasteiger partial charge >= 0.3 is 6.09 Å². The molecule has 1 amide bonds. The van der Waals surface area contributed by atoms with Crippen molar-refractivity contribution in [2.75, 3.05) is 10.6 Å². The molecule has 8 nitrogen and oxygen atoms in total. The van der Waals surface area contributed by atoms with E-state index in [1.165, 1.54) is 0 Å². The lowest BCUT2D eigenvalue weighted by Gasteiger charge is -2.49. The van der Waals surface area contributed by atoms with E-state index in [9.17, 15) is 15.2 Å². The summed E-state index contributed by atoms with van der Waals surface area (Å²) in [5.74, 6) is 1.38. The second kappa shape index (κ2) is 8.58. The maximum Gasteiger partial charge on any atom is 0.405 e.